The molecular formula is C24H26OPS2+. The summed E-state index contributed by atoms with van der Waals surface area (Å²) in [5.41, 5.74) is 0. The number of hydrogen-bond donors (Lipinski definition) is 0. The number of rotatable bonds is 6. The summed E-state index contributed by atoms with van der Waals surface area (Å²) in [6, 6.07) is 33.0. The smallest absolute Gasteiger partial charge is 0.112 e. The van der Waals surface area contributed by atoms with Gasteiger partial charge in [0.25, 0.3) is 0 Å². The summed E-state index contributed by atoms with van der Waals surface area (Å²) in [4.78, 5) is 0. The third kappa shape index (κ3) is 4.13. The van der Waals surface area contributed by atoms with Crippen LogP contribution in [-0.2, 0) is 10.8 Å². The van der Waals surface area contributed by atoms with Gasteiger partial charge in [0, 0.05) is 23.0 Å². The monoisotopic (exact) mass is 425 g/mol. The van der Waals surface area contributed by atoms with Crippen LogP contribution in [0.1, 0.15) is 12.8 Å². The minimum absolute atomic E-state index is 0.268. The van der Waals surface area contributed by atoms with Gasteiger partial charge in [-0.15, -0.1) is 11.8 Å². The van der Waals surface area contributed by atoms with Crippen molar-refractivity contribution in [3.05, 3.63) is 91.0 Å². The lowest BCUT2D eigenvalue weighted by molar-refractivity contribution is 0.677. The molecule has 1 fully saturated rings. The molecule has 0 bridgehead atoms. The fourth-order valence-electron chi connectivity index (χ4n) is 4.02. The van der Waals surface area contributed by atoms with E-state index in [1.165, 1.54) is 15.9 Å². The summed E-state index contributed by atoms with van der Waals surface area (Å²) >= 11 is 1.92. The Morgan fingerprint density at radius 2 is 1.25 bits per heavy atom. The molecule has 0 aliphatic carbocycles. The molecule has 144 valence electrons. The molecule has 0 radical (unpaired) electrons. The van der Waals surface area contributed by atoms with Crippen LogP contribution in [0.4, 0.5) is 0 Å². The zero-order chi connectivity index (χ0) is 19.2. The Kier molecular flexibility index (Phi) is 6.67. The van der Waals surface area contributed by atoms with Crippen molar-refractivity contribution in [3.63, 3.8) is 0 Å². The van der Waals surface area contributed by atoms with Gasteiger partial charge < -0.3 is 0 Å². The summed E-state index contributed by atoms with van der Waals surface area (Å²) in [6.07, 6.45) is 3.16. The first-order valence-corrected chi connectivity index (χ1v) is 14.2. The Morgan fingerprint density at radius 1 is 0.786 bits per heavy atom. The molecular weight excluding hydrogens is 399 g/mol. The van der Waals surface area contributed by atoms with Crippen LogP contribution >= 0.6 is 19.0 Å². The zero-order valence-electron chi connectivity index (χ0n) is 15.9. The van der Waals surface area contributed by atoms with Crippen LogP contribution in [0.3, 0.4) is 0 Å². The third-order valence-corrected chi connectivity index (χ3v) is 13.5. The van der Waals surface area contributed by atoms with Gasteiger partial charge in [0.15, 0.2) is 0 Å². The van der Waals surface area contributed by atoms with Gasteiger partial charge in [0.05, 0.1) is 10.7 Å². The van der Waals surface area contributed by atoms with E-state index in [-0.39, 0.29) is 4.58 Å². The van der Waals surface area contributed by atoms with E-state index in [0.717, 1.165) is 30.5 Å². The van der Waals surface area contributed by atoms with Crippen molar-refractivity contribution in [2.24, 2.45) is 0 Å². The molecule has 1 saturated heterocycles. The summed E-state index contributed by atoms with van der Waals surface area (Å²) in [6.45, 7) is 0. The molecule has 1 nitrogen and oxygen atoms in total. The first-order valence-electron chi connectivity index (χ1n) is 9.84. The van der Waals surface area contributed by atoms with E-state index in [1.54, 1.807) is 0 Å². The van der Waals surface area contributed by atoms with Gasteiger partial charge in [0.1, 0.15) is 23.2 Å². The molecule has 4 rings (SSSR count). The van der Waals surface area contributed by atoms with Crippen LogP contribution in [0.2, 0.25) is 0 Å². The number of thioether (sulfide) groups is 1. The van der Waals surface area contributed by atoms with Crippen molar-refractivity contribution in [1.29, 1.82) is 0 Å². The second-order valence-corrected chi connectivity index (χ2v) is 14.0. The molecule has 1 aliphatic rings. The van der Waals surface area contributed by atoms with Crippen molar-refractivity contribution < 1.29 is 4.21 Å². The molecule has 2 unspecified atom stereocenters. The Labute approximate surface area is 175 Å². The third-order valence-electron chi connectivity index (χ3n) is 5.38. The number of benzene rings is 3. The minimum Gasteiger partial charge on any atom is -0.258 e. The molecule has 0 aromatic heterocycles. The highest BCUT2D eigenvalue weighted by Crippen LogP contribution is 2.56. The standard InChI is InChI=1S/C24H26OPS2/c25-28-20-10-19-27-24(28)17-18-26(21-11-4-1-5-12-21,22-13-6-2-7-14-22)23-15-8-3-9-16-23/h1-9,11-16,24H,10,17-20H2/q+1. The molecule has 0 amide bonds. The van der Waals surface area contributed by atoms with Crippen molar-refractivity contribution in [1.82, 2.24) is 0 Å². The van der Waals surface area contributed by atoms with Crippen LogP contribution in [0.5, 0.6) is 0 Å². The fraction of sp³-hybridized carbons (Fsp3) is 0.250. The fourth-order valence-corrected chi connectivity index (χ4v) is 12.0. The van der Waals surface area contributed by atoms with Gasteiger partial charge in [-0.25, -0.2) is 0 Å². The predicted octanol–water partition coefficient (Wildman–Crippen LogP) is 4.58. The van der Waals surface area contributed by atoms with E-state index < -0.39 is 18.1 Å². The molecule has 1 aliphatic heterocycles. The van der Waals surface area contributed by atoms with Crippen molar-refractivity contribution in [2.45, 2.75) is 17.4 Å². The SMILES string of the molecule is O=S1CCCSC1CC[P+](c1ccccc1)(c1ccccc1)c1ccccc1. The Morgan fingerprint density at radius 3 is 1.68 bits per heavy atom. The Balaban J connectivity index is 1.82. The summed E-state index contributed by atoms with van der Waals surface area (Å²) in [7, 11) is -2.50. The predicted molar refractivity (Wildman–Crippen MR) is 129 cm³/mol. The Hall–Kier alpha value is -1.41. The van der Waals surface area contributed by atoms with Gasteiger partial charge in [-0.1, -0.05) is 54.6 Å². The highest BCUT2D eigenvalue weighted by molar-refractivity contribution is 8.11. The first-order chi connectivity index (χ1) is 13.8. The lowest BCUT2D eigenvalue weighted by Crippen LogP contribution is -2.35. The van der Waals surface area contributed by atoms with Crippen LogP contribution in [0.25, 0.3) is 0 Å². The molecule has 3 aromatic carbocycles. The van der Waals surface area contributed by atoms with Crippen molar-refractivity contribution >= 4 is 45.7 Å². The maximum Gasteiger partial charge on any atom is 0.112 e. The molecule has 0 saturated carbocycles. The van der Waals surface area contributed by atoms with E-state index in [0.29, 0.717) is 0 Å². The van der Waals surface area contributed by atoms with E-state index in [9.17, 15) is 4.21 Å². The average molecular weight is 426 g/mol. The zero-order valence-corrected chi connectivity index (χ0v) is 18.5. The highest BCUT2D eigenvalue weighted by atomic mass is 32.2. The lowest BCUT2D eigenvalue weighted by Gasteiger charge is -2.30. The summed E-state index contributed by atoms with van der Waals surface area (Å²) < 4.78 is 12.9. The lowest BCUT2D eigenvalue weighted by atomic mass is 10.4. The van der Waals surface area contributed by atoms with E-state index in [1.807, 2.05) is 11.8 Å². The molecule has 0 spiro atoms. The quantitative estimate of drug-likeness (QED) is 0.538. The van der Waals surface area contributed by atoms with Crippen molar-refractivity contribution in [3.8, 4) is 0 Å². The van der Waals surface area contributed by atoms with Crippen molar-refractivity contribution in [2.75, 3.05) is 17.7 Å². The van der Waals surface area contributed by atoms with Gasteiger partial charge in [-0.3, -0.25) is 4.21 Å². The molecule has 1 heterocycles. The normalized spacial score (nSPS) is 20.0. The molecule has 2 atom stereocenters. The second kappa shape index (κ2) is 9.39. The molecule has 4 heteroatoms. The van der Waals surface area contributed by atoms with Gasteiger partial charge in [-0.2, -0.15) is 0 Å². The summed E-state index contributed by atoms with van der Waals surface area (Å²) in [5, 5.41) is 4.25. The first kappa shape index (κ1) is 19.9. The van der Waals surface area contributed by atoms with Gasteiger partial charge >= 0.3 is 0 Å². The van der Waals surface area contributed by atoms with Crippen LogP contribution in [-0.4, -0.2) is 26.5 Å². The topological polar surface area (TPSA) is 17.1 Å². The largest absolute Gasteiger partial charge is 0.258 e. The van der Waals surface area contributed by atoms with Crippen LogP contribution < -0.4 is 15.9 Å². The maximum absolute atomic E-state index is 12.6. The van der Waals surface area contributed by atoms with E-state index in [4.69, 9.17) is 0 Å². The molecule has 0 N–H and O–H groups in total. The Bertz CT molecular complexity index is 803. The van der Waals surface area contributed by atoms with E-state index in [2.05, 4.69) is 91.0 Å². The maximum atomic E-state index is 12.6. The highest BCUT2D eigenvalue weighted by Gasteiger charge is 2.45. The van der Waals surface area contributed by atoms with E-state index >= 15 is 0 Å². The van der Waals surface area contributed by atoms with Gasteiger partial charge in [-0.05, 0) is 48.6 Å². The van der Waals surface area contributed by atoms with Crippen LogP contribution in [0, 0.1) is 0 Å². The summed E-state index contributed by atoms with van der Waals surface area (Å²) in [5.74, 6) is 2.01. The average Bonchev–Trinajstić information content (AvgIpc) is 2.78. The second-order valence-electron chi connectivity index (χ2n) is 7.07. The number of hydrogen-bond acceptors (Lipinski definition) is 2. The van der Waals surface area contributed by atoms with Crippen LogP contribution in [0.15, 0.2) is 91.0 Å². The minimum atomic E-state index is -1.79. The molecule has 3 aromatic rings. The van der Waals surface area contributed by atoms with Gasteiger partial charge in [0.2, 0.25) is 0 Å². The molecule has 28 heavy (non-hydrogen) atoms.